The number of hydrogen-bond donors (Lipinski definition) is 2. The number of halogens is 1. The lowest BCUT2D eigenvalue weighted by Gasteiger charge is -2.08. The molecule has 1 aromatic carbocycles. The monoisotopic (exact) mass is 304 g/mol. The number of benzene rings is 1. The number of nitrogens with one attached hydrogen (secondary N) is 1. The summed E-state index contributed by atoms with van der Waals surface area (Å²) in [7, 11) is -3.83. The number of ether oxygens (including phenoxy) is 1. The number of hydrogen-bond acceptors (Lipinski definition) is 4. The Morgan fingerprint density at radius 1 is 1.35 bits per heavy atom. The summed E-state index contributed by atoms with van der Waals surface area (Å²) in [6, 6.07) is 3.87. The summed E-state index contributed by atoms with van der Waals surface area (Å²) in [6.07, 6.45) is 1.46. The van der Waals surface area contributed by atoms with Crippen LogP contribution in [0.3, 0.4) is 0 Å². The minimum atomic E-state index is -3.83. The highest BCUT2D eigenvalue weighted by Crippen LogP contribution is 2.15. The summed E-state index contributed by atoms with van der Waals surface area (Å²) < 4.78 is 45.1. The van der Waals surface area contributed by atoms with Gasteiger partial charge in [-0.05, 0) is 30.5 Å². The van der Waals surface area contributed by atoms with Gasteiger partial charge in [-0.25, -0.2) is 17.5 Å². The topological polar surface area (TPSA) is 81.4 Å². The molecule has 0 aromatic heterocycles. The molecule has 0 heterocycles. The van der Waals surface area contributed by atoms with E-state index < -0.39 is 15.8 Å². The lowest BCUT2D eigenvalue weighted by atomic mass is 10.2. The van der Waals surface area contributed by atoms with Crippen LogP contribution in [0.4, 0.5) is 4.39 Å². The van der Waals surface area contributed by atoms with E-state index in [1.54, 1.807) is 0 Å². The maximum atomic E-state index is 13.7. The molecule has 0 aliphatic carbocycles. The smallest absolute Gasteiger partial charge is 0.243 e. The van der Waals surface area contributed by atoms with Gasteiger partial charge in [0.2, 0.25) is 10.0 Å². The minimum Gasteiger partial charge on any atom is -0.381 e. The van der Waals surface area contributed by atoms with E-state index in [4.69, 9.17) is 10.5 Å². The Morgan fingerprint density at radius 2 is 2.10 bits per heavy atom. The van der Waals surface area contributed by atoms with Crippen LogP contribution >= 0.6 is 0 Å². The Labute approximate surface area is 119 Å². The van der Waals surface area contributed by atoms with Crippen LogP contribution in [0.1, 0.15) is 25.3 Å². The average Bonchev–Trinajstić information content (AvgIpc) is 2.42. The van der Waals surface area contributed by atoms with E-state index >= 15 is 0 Å². The van der Waals surface area contributed by atoms with Gasteiger partial charge < -0.3 is 10.5 Å². The zero-order valence-corrected chi connectivity index (χ0v) is 12.4. The van der Waals surface area contributed by atoms with Gasteiger partial charge in [0.1, 0.15) is 10.7 Å². The summed E-state index contributed by atoms with van der Waals surface area (Å²) in [5.74, 6) is -0.789. The molecule has 0 aliphatic heterocycles. The van der Waals surface area contributed by atoms with Crippen molar-refractivity contribution in [2.24, 2.45) is 5.73 Å². The van der Waals surface area contributed by atoms with Crippen LogP contribution in [-0.4, -0.2) is 28.2 Å². The van der Waals surface area contributed by atoms with E-state index in [-0.39, 0.29) is 18.0 Å². The fourth-order valence-electron chi connectivity index (χ4n) is 1.59. The van der Waals surface area contributed by atoms with Gasteiger partial charge >= 0.3 is 0 Å². The second kappa shape index (κ2) is 8.31. The molecule has 0 spiro atoms. The lowest BCUT2D eigenvalue weighted by molar-refractivity contribution is 0.133. The summed E-state index contributed by atoms with van der Waals surface area (Å²) in [4.78, 5) is -0.357. The fourth-order valence-corrected chi connectivity index (χ4v) is 2.73. The van der Waals surface area contributed by atoms with Crippen LogP contribution in [-0.2, 0) is 21.3 Å². The first-order valence-electron chi connectivity index (χ1n) is 6.57. The summed E-state index contributed by atoms with van der Waals surface area (Å²) in [5, 5.41) is 0. The van der Waals surface area contributed by atoms with Crippen LogP contribution in [0.15, 0.2) is 23.1 Å². The van der Waals surface area contributed by atoms with Crippen molar-refractivity contribution in [3.8, 4) is 0 Å². The molecule has 0 amide bonds. The van der Waals surface area contributed by atoms with Crippen LogP contribution in [0.2, 0.25) is 0 Å². The molecular formula is C13H21FN2O3S. The quantitative estimate of drug-likeness (QED) is 0.675. The van der Waals surface area contributed by atoms with Crippen molar-refractivity contribution in [1.82, 2.24) is 4.72 Å². The molecule has 5 nitrogen and oxygen atoms in total. The predicted octanol–water partition coefficient (Wildman–Crippen LogP) is 1.38. The number of rotatable bonds is 9. The van der Waals surface area contributed by atoms with E-state index in [1.807, 2.05) is 6.92 Å². The van der Waals surface area contributed by atoms with Crippen LogP contribution in [0, 0.1) is 5.82 Å². The van der Waals surface area contributed by atoms with Gasteiger partial charge in [-0.2, -0.15) is 0 Å². The molecule has 0 fully saturated rings. The zero-order chi connectivity index (χ0) is 15.0. The predicted molar refractivity (Wildman–Crippen MR) is 75.2 cm³/mol. The first kappa shape index (κ1) is 17.0. The second-order valence-electron chi connectivity index (χ2n) is 4.33. The Kier molecular flexibility index (Phi) is 7.08. The Balaban J connectivity index is 2.56. The molecule has 0 aliphatic rings. The summed E-state index contributed by atoms with van der Waals surface area (Å²) in [5.41, 5.74) is 5.92. The van der Waals surface area contributed by atoms with Crippen molar-refractivity contribution in [2.45, 2.75) is 31.2 Å². The third kappa shape index (κ3) is 5.16. The highest BCUT2D eigenvalue weighted by molar-refractivity contribution is 7.89. The van der Waals surface area contributed by atoms with Gasteiger partial charge in [0.05, 0.1) is 0 Å². The van der Waals surface area contributed by atoms with E-state index in [9.17, 15) is 12.8 Å². The maximum absolute atomic E-state index is 13.7. The molecule has 0 radical (unpaired) electrons. The van der Waals surface area contributed by atoms with Crippen molar-refractivity contribution < 1.29 is 17.5 Å². The normalized spacial score (nSPS) is 11.8. The van der Waals surface area contributed by atoms with E-state index in [0.717, 1.165) is 12.5 Å². The molecule has 0 saturated heterocycles. The van der Waals surface area contributed by atoms with Gasteiger partial charge in [-0.3, -0.25) is 0 Å². The molecule has 1 aromatic rings. The van der Waals surface area contributed by atoms with Crippen molar-refractivity contribution in [3.05, 3.63) is 29.6 Å². The first-order chi connectivity index (χ1) is 9.51. The zero-order valence-electron chi connectivity index (χ0n) is 11.6. The molecule has 1 rings (SSSR count). The molecule has 0 atom stereocenters. The SMILES string of the molecule is CCCOCCCNS(=O)(=O)c1ccc(CN)cc1F. The lowest BCUT2D eigenvalue weighted by Crippen LogP contribution is -2.26. The van der Waals surface area contributed by atoms with Crippen LogP contribution in [0.5, 0.6) is 0 Å². The fraction of sp³-hybridized carbons (Fsp3) is 0.538. The summed E-state index contributed by atoms with van der Waals surface area (Å²) >= 11 is 0. The molecule has 114 valence electrons. The highest BCUT2D eigenvalue weighted by Gasteiger charge is 2.18. The third-order valence-corrected chi connectivity index (χ3v) is 4.12. The first-order valence-corrected chi connectivity index (χ1v) is 8.05. The Morgan fingerprint density at radius 3 is 2.70 bits per heavy atom. The maximum Gasteiger partial charge on any atom is 0.243 e. The van der Waals surface area contributed by atoms with Gasteiger partial charge in [0.15, 0.2) is 0 Å². The van der Waals surface area contributed by atoms with E-state index in [0.29, 0.717) is 25.2 Å². The van der Waals surface area contributed by atoms with Gasteiger partial charge in [-0.1, -0.05) is 13.0 Å². The molecule has 0 saturated carbocycles. The van der Waals surface area contributed by atoms with Crippen molar-refractivity contribution in [2.75, 3.05) is 19.8 Å². The average molecular weight is 304 g/mol. The van der Waals surface area contributed by atoms with Crippen molar-refractivity contribution in [1.29, 1.82) is 0 Å². The Hall–Kier alpha value is -1.02. The molecule has 0 bridgehead atoms. The standard InChI is InChI=1S/C13H21FN2O3S/c1-2-7-19-8-3-6-16-20(17,18)13-5-4-11(10-15)9-12(13)14/h4-5,9,16H,2-3,6-8,10,15H2,1H3. The van der Waals surface area contributed by atoms with Gasteiger partial charge in [0, 0.05) is 26.3 Å². The number of nitrogens with two attached hydrogens (primary N) is 1. The Bertz CT molecular complexity index is 520. The van der Waals surface area contributed by atoms with E-state index in [1.165, 1.54) is 12.1 Å². The molecule has 3 N–H and O–H groups in total. The highest BCUT2D eigenvalue weighted by atomic mass is 32.2. The minimum absolute atomic E-state index is 0.166. The third-order valence-electron chi connectivity index (χ3n) is 2.63. The summed E-state index contributed by atoms with van der Waals surface area (Å²) in [6.45, 7) is 3.51. The molecule has 7 heteroatoms. The molecular weight excluding hydrogens is 283 g/mol. The second-order valence-corrected chi connectivity index (χ2v) is 6.07. The number of sulfonamides is 1. The van der Waals surface area contributed by atoms with Crippen molar-refractivity contribution in [3.63, 3.8) is 0 Å². The van der Waals surface area contributed by atoms with Crippen LogP contribution < -0.4 is 10.5 Å². The largest absolute Gasteiger partial charge is 0.381 e. The molecule has 0 unspecified atom stereocenters. The molecule has 20 heavy (non-hydrogen) atoms. The van der Waals surface area contributed by atoms with Gasteiger partial charge in [0.25, 0.3) is 0 Å². The van der Waals surface area contributed by atoms with E-state index in [2.05, 4.69) is 4.72 Å². The van der Waals surface area contributed by atoms with Crippen LogP contribution in [0.25, 0.3) is 0 Å². The van der Waals surface area contributed by atoms with Crippen molar-refractivity contribution >= 4 is 10.0 Å². The van der Waals surface area contributed by atoms with Gasteiger partial charge in [-0.15, -0.1) is 0 Å².